The van der Waals surface area contributed by atoms with Crippen LogP contribution in [0.4, 0.5) is 0 Å². The second-order valence-electron chi connectivity index (χ2n) is 9.13. The number of hydrogen-bond donors (Lipinski definition) is 1. The van der Waals surface area contributed by atoms with Gasteiger partial charge in [0.25, 0.3) is 0 Å². The van der Waals surface area contributed by atoms with Crippen molar-refractivity contribution in [2.75, 3.05) is 6.61 Å². The molecule has 0 bridgehead atoms. The van der Waals surface area contributed by atoms with E-state index < -0.39 is 25.5 Å². The summed E-state index contributed by atoms with van der Waals surface area (Å²) in [7, 11) is -1.56. The Labute approximate surface area is 174 Å². The molecule has 0 aromatic heterocycles. The SMILES string of the molecule is C[Si](C)(CCO)C1=[C]([Zr]([CH3])([CH3])(=[SiH2])[CH]2C=Cc3ccccc32)CC=C1.Cl.Cl. The molecule has 0 spiro atoms. The molecule has 144 valence electrons. The first-order chi connectivity index (χ1) is 11.2. The number of hydrogen-bond acceptors (Lipinski definition) is 1. The standard InChI is InChI=1S/C9H15OSi.C9H7.2CH3.2ClH.H2Si.Zr/c1-11(2,8-7-10)9-5-3-4-6-9;1-2-5-9-7-3-6-8(9)4-1;;;;;;/h3,5,10H,4,7-8H2,1-2H3;1-7H;2*1H3;2*1H;1H2;. The van der Waals surface area contributed by atoms with Crippen molar-refractivity contribution in [1.29, 1.82) is 0 Å². The predicted molar refractivity (Wildman–Crippen MR) is 123 cm³/mol. The summed E-state index contributed by atoms with van der Waals surface area (Å²) in [6.45, 7) is 7.55. The molecule has 0 aliphatic heterocycles. The zero-order chi connectivity index (χ0) is 17.6. The Hall–Kier alpha value is 0.297. The number of benzene rings is 1. The second-order valence-corrected chi connectivity index (χ2v) is 43.6. The van der Waals surface area contributed by atoms with Gasteiger partial charge >= 0.3 is 151 Å². The molecule has 0 saturated carbocycles. The zero-order valence-electron chi connectivity index (χ0n) is 16.3. The van der Waals surface area contributed by atoms with Crippen LogP contribution >= 0.6 is 24.8 Å². The Morgan fingerprint density at radius 2 is 1.81 bits per heavy atom. The van der Waals surface area contributed by atoms with Crippen molar-refractivity contribution < 1.29 is 22.5 Å². The minimum Gasteiger partial charge on any atom is -0.147 e. The van der Waals surface area contributed by atoms with Crippen molar-refractivity contribution in [3.8, 4) is 0 Å². The Morgan fingerprint density at radius 1 is 1.15 bits per heavy atom. The van der Waals surface area contributed by atoms with Crippen molar-refractivity contribution >= 4 is 45.8 Å². The van der Waals surface area contributed by atoms with Crippen LogP contribution in [-0.2, 0) is 17.4 Å². The van der Waals surface area contributed by atoms with Crippen molar-refractivity contribution in [1.82, 2.24) is 0 Å². The van der Waals surface area contributed by atoms with Crippen molar-refractivity contribution in [2.24, 2.45) is 0 Å². The van der Waals surface area contributed by atoms with Gasteiger partial charge in [-0.25, -0.2) is 0 Å². The van der Waals surface area contributed by atoms with E-state index in [1.54, 1.807) is 14.0 Å². The molecule has 1 N–H and O–H groups in total. The molecule has 0 fully saturated rings. The fraction of sp³-hybridized carbons (Fsp3) is 0.400. The van der Waals surface area contributed by atoms with Crippen LogP contribution < -0.4 is 0 Å². The Bertz CT molecular complexity index is 834. The second kappa shape index (κ2) is 8.35. The smallest absolute Gasteiger partial charge is 0.147 e. The molecule has 1 aromatic carbocycles. The van der Waals surface area contributed by atoms with Gasteiger partial charge in [0.2, 0.25) is 0 Å². The molecule has 3 rings (SSSR count). The summed E-state index contributed by atoms with van der Waals surface area (Å²) >= 11 is -3.13. The van der Waals surface area contributed by atoms with E-state index in [-0.39, 0.29) is 24.8 Å². The van der Waals surface area contributed by atoms with Gasteiger partial charge in [-0.2, -0.15) is 0 Å². The number of halogens is 2. The number of rotatable bonds is 5. The van der Waals surface area contributed by atoms with E-state index in [0.717, 1.165) is 12.5 Å². The van der Waals surface area contributed by atoms with Gasteiger partial charge in [-0.05, 0) is 0 Å². The summed E-state index contributed by atoms with van der Waals surface area (Å²) in [6, 6.07) is 9.92. The zero-order valence-corrected chi connectivity index (χ0v) is 22.8. The first-order valence-electron chi connectivity index (χ1n) is 9.02. The molecule has 0 saturated heterocycles. The molecule has 6 heteroatoms. The number of aliphatic hydroxyl groups excluding tert-OH is 1. The normalized spacial score (nSPS) is 19.2. The van der Waals surface area contributed by atoms with Gasteiger partial charge in [0.15, 0.2) is 0 Å². The number of fused-ring (bicyclic) bond motifs is 1. The average molecular weight is 507 g/mol. The van der Waals surface area contributed by atoms with Crippen LogP contribution in [0.15, 0.2) is 51.0 Å². The van der Waals surface area contributed by atoms with Crippen LogP contribution in [0.1, 0.15) is 21.2 Å². The van der Waals surface area contributed by atoms with Crippen LogP contribution in [-0.4, -0.2) is 26.7 Å². The summed E-state index contributed by atoms with van der Waals surface area (Å²) < 4.78 is 7.70. The van der Waals surface area contributed by atoms with E-state index in [4.69, 9.17) is 0 Å². The van der Waals surface area contributed by atoms with E-state index in [1.165, 1.54) is 5.56 Å². The molecule has 1 nitrogen and oxygen atoms in total. The molecule has 1 atom stereocenters. The third kappa shape index (κ3) is 4.16. The van der Waals surface area contributed by atoms with E-state index in [1.807, 2.05) is 0 Å². The van der Waals surface area contributed by atoms with Crippen molar-refractivity contribution in [3.63, 3.8) is 0 Å². The summed E-state index contributed by atoms with van der Waals surface area (Å²) in [5.41, 5.74) is 2.96. The average Bonchev–Trinajstić information content (AvgIpc) is 3.15. The summed E-state index contributed by atoms with van der Waals surface area (Å²) in [6.07, 6.45) is 10.8. The minimum absolute atomic E-state index is 0. The molecule has 2 aliphatic rings. The molecule has 0 radical (unpaired) electrons. The van der Waals surface area contributed by atoms with Gasteiger partial charge in [-0.1, -0.05) is 0 Å². The summed E-state index contributed by atoms with van der Waals surface area (Å²) in [4.78, 5) is 0. The quantitative estimate of drug-likeness (QED) is 0.531. The largest absolute Gasteiger partial charge is 0.147 e. The fourth-order valence-electron chi connectivity index (χ4n) is 4.58. The van der Waals surface area contributed by atoms with Crippen LogP contribution in [0, 0.1) is 0 Å². The van der Waals surface area contributed by atoms with Gasteiger partial charge < -0.3 is 0 Å². The maximum Gasteiger partial charge on any atom is -0.147 e. The monoisotopic (exact) mass is 504 g/mol. The molecular formula is C20H32Cl2OSi2Zr. The summed E-state index contributed by atoms with van der Waals surface area (Å²) in [5, 5.41) is 11.2. The topological polar surface area (TPSA) is 20.2 Å². The molecule has 2 aliphatic carbocycles. The van der Waals surface area contributed by atoms with Crippen LogP contribution in [0.3, 0.4) is 0 Å². The molecule has 0 heterocycles. The summed E-state index contributed by atoms with van der Waals surface area (Å²) in [5.74, 6) is 0. The molecule has 1 unspecified atom stereocenters. The van der Waals surface area contributed by atoms with Gasteiger partial charge in [0.1, 0.15) is 0 Å². The predicted octanol–water partition coefficient (Wildman–Crippen LogP) is 5.39. The van der Waals surface area contributed by atoms with Crippen LogP contribution in [0.5, 0.6) is 0 Å². The molecular weight excluding hydrogens is 475 g/mol. The Balaban J connectivity index is 0.00000169. The van der Waals surface area contributed by atoms with E-state index in [9.17, 15) is 5.11 Å². The van der Waals surface area contributed by atoms with E-state index in [2.05, 4.69) is 77.8 Å². The Kier molecular flexibility index (Phi) is 7.81. The Morgan fingerprint density at radius 3 is 2.46 bits per heavy atom. The van der Waals surface area contributed by atoms with Gasteiger partial charge in [-0.3, -0.25) is 0 Å². The number of allylic oxidation sites excluding steroid dienone is 5. The molecule has 1 aromatic rings. The third-order valence-electron chi connectivity index (χ3n) is 6.19. The third-order valence-corrected chi connectivity index (χ3v) is 27.5. The fourth-order valence-corrected chi connectivity index (χ4v) is 27.0. The van der Waals surface area contributed by atoms with Crippen molar-refractivity contribution in [2.45, 2.75) is 38.4 Å². The van der Waals surface area contributed by atoms with Gasteiger partial charge in [0, 0.05) is 0 Å². The van der Waals surface area contributed by atoms with Crippen molar-refractivity contribution in [3.05, 3.63) is 62.1 Å². The van der Waals surface area contributed by atoms with Crippen LogP contribution in [0.25, 0.3) is 6.08 Å². The van der Waals surface area contributed by atoms with Gasteiger partial charge in [-0.15, -0.1) is 24.8 Å². The maximum absolute atomic E-state index is 9.55. The molecule has 26 heavy (non-hydrogen) atoms. The first-order valence-corrected chi connectivity index (χ1v) is 25.7. The van der Waals surface area contributed by atoms with Crippen LogP contribution in [0.2, 0.25) is 28.4 Å². The van der Waals surface area contributed by atoms with E-state index in [0.29, 0.717) is 10.2 Å². The molecule has 0 amide bonds. The number of aliphatic hydroxyl groups is 1. The maximum atomic E-state index is 9.55. The minimum atomic E-state index is -3.13. The first kappa shape index (κ1) is 24.3. The van der Waals surface area contributed by atoms with Gasteiger partial charge in [0.05, 0.1) is 0 Å². The van der Waals surface area contributed by atoms with E-state index >= 15 is 0 Å².